The van der Waals surface area contributed by atoms with Crippen LogP contribution >= 0.6 is 0 Å². The average molecular weight is 577 g/mol. The standard InChI is InChI=1S/C23H20N2O2.C11H16N4O/c1-3-19-21(17-8-5-4-6-9-17)23(26)22-18(10-7-11-20(22)27-19)13-12-16-14-24-25(2)15-16;1-3-4-5-6-7-15-8(2)9(11(13)16)10(12)14-15/h4-15H,3H2,1-2H3;4-7H,3H2,1-2H3,(H2,12,14)(H2,13,16)/b13-12+;5-4+,7-6-. The van der Waals surface area contributed by atoms with Crippen LogP contribution in [0.25, 0.3) is 40.4 Å². The molecule has 4 N–H and O–H groups in total. The lowest BCUT2D eigenvalue weighted by molar-refractivity contribution is 0.100. The summed E-state index contributed by atoms with van der Waals surface area (Å²) in [7, 11) is 1.88. The lowest BCUT2D eigenvalue weighted by Gasteiger charge is -2.10. The van der Waals surface area contributed by atoms with Gasteiger partial charge in [0.05, 0.1) is 22.8 Å². The highest BCUT2D eigenvalue weighted by molar-refractivity contribution is 5.98. The first-order valence-corrected chi connectivity index (χ1v) is 14.0. The van der Waals surface area contributed by atoms with Crippen LogP contribution in [-0.2, 0) is 13.5 Å². The van der Waals surface area contributed by atoms with Crippen LogP contribution in [0.2, 0.25) is 0 Å². The fraction of sp³-hybridized carbons (Fsp3) is 0.176. The number of aromatic nitrogens is 4. The van der Waals surface area contributed by atoms with Crippen molar-refractivity contribution in [1.82, 2.24) is 19.6 Å². The molecule has 0 aliphatic carbocycles. The van der Waals surface area contributed by atoms with Gasteiger partial charge in [0.1, 0.15) is 16.9 Å². The molecule has 0 atom stereocenters. The number of rotatable bonds is 8. The lowest BCUT2D eigenvalue weighted by atomic mass is 9.98. The molecular weight excluding hydrogens is 540 g/mol. The van der Waals surface area contributed by atoms with E-state index < -0.39 is 5.91 Å². The summed E-state index contributed by atoms with van der Waals surface area (Å²) in [6, 6.07) is 15.4. The minimum Gasteiger partial charge on any atom is -0.460 e. The Morgan fingerprint density at radius 1 is 1.05 bits per heavy atom. The van der Waals surface area contributed by atoms with Crippen LogP contribution in [0.5, 0.6) is 0 Å². The Hall–Kier alpha value is -5.44. The maximum absolute atomic E-state index is 13.4. The third-order valence-corrected chi connectivity index (χ3v) is 6.72. The van der Waals surface area contributed by atoms with Gasteiger partial charge in [-0.15, -0.1) is 0 Å². The minimum atomic E-state index is -0.557. The molecule has 1 amide bonds. The predicted molar refractivity (Wildman–Crippen MR) is 174 cm³/mol. The smallest absolute Gasteiger partial charge is 0.254 e. The topological polar surface area (TPSA) is 135 Å². The Morgan fingerprint density at radius 2 is 1.81 bits per heavy atom. The van der Waals surface area contributed by atoms with Gasteiger partial charge in [0.15, 0.2) is 5.82 Å². The monoisotopic (exact) mass is 576 g/mol. The molecule has 5 aromatic rings. The van der Waals surface area contributed by atoms with Gasteiger partial charge in [-0.2, -0.15) is 10.2 Å². The third kappa shape index (κ3) is 7.08. The van der Waals surface area contributed by atoms with E-state index in [1.54, 1.807) is 24.0 Å². The average Bonchev–Trinajstić information content (AvgIpc) is 3.55. The fourth-order valence-electron chi connectivity index (χ4n) is 4.64. The van der Waals surface area contributed by atoms with E-state index in [0.29, 0.717) is 34.4 Å². The molecule has 0 saturated heterocycles. The highest BCUT2D eigenvalue weighted by atomic mass is 16.3. The van der Waals surface area contributed by atoms with Crippen LogP contribution in [0.4, 0.5) is 5.82 Å². The molecule has 3 heterocycles. The summed E-state index contributed by atoms with van der Waals surface area (Å²) in [5.41, 5.74) is 15.7. The van der Waals surface area contributed by atoms with Crippen LogP contribution in [0, 0.1) is 6.92 Å². The molecule has 0 bridgehead atoms. The van der Waals surface area contributed by atoms with Gasteiger partial charge in [0.25, 0.3) is 5.91 Å². The number of fused-ring (bicyclic) bond motifs is 1. The second kappa shape index (κ2) is 14.0. The van der Waals surface area contributed by atoms with Crippen molar-refractivity contribution < 1.29 is 9.21 Å². The number of allylic oxidation sites excluding steroid dienone is 3. The Bertz CT molecular complexity index is 1870. The van der Waals surface area contributed by atoms with Crippen molar-refractivity contribution in [3.63, 3.8) is 0 Å². The Balaban J connectivity index is 0.000000227. The molecule has 0 fully saturated rings. The molecule has 0 saturated carbocycles. The Labute approximate surface area is 250 Å². The van der Waals surface area contributed by atoms with E-state index >= 15 is 0 Å². The number of hydrogen-bond donors (Lipinski definition) is 2. The molecule has 9 nitrogen and oxygen atoms in total. The van der Waals surface area contributed by atoms with Gasteiger partial charge in [0, 0.05) is 31.4 Å². The number of aryl methyl sites for hydroxylation is 2. The molecule has 9 heteroatoms. The summed E-state index contributed by atoms with van der Waals surface area (Å²) in [5.74, 6) is 0.319. The van der Waals surface area contributed by atoms with Gasteiger partial charge >= 0.3 is 0 Å². The van der Waals surface area contributed by atoms with Gasteiger partial charge in [-0.25, -0.2) is 4.68 Å². The van der Waals surface area contributed by atoms with Crippen LogP contribution in [0.1, 0.15) is 53.2 Å². The zero-order valence-corrected chi connectivity index (χ0v) is 24.8. The van der Waals surface area contributed by atoms with E-state index in [1.807, 2.05) is 106 Å². The number of primary amides is 1. The van der Waals surface area contributed by atoms with E-state index in [1.165, 1.54) is 4.68 Å². The second-order valence-electron chi connectivity index (χ2n) is 9.78. The molecule has 2 aromatic carbocycles. The van der Waals surface area contributed by atoms with E-state index in [4.69, 9.17) is 15.9 Å². The number of carbonyl (C=O) groups is 1. The number of benzene rings is 2. The summed E-state index contributed by atoms with van der Waals surface area (Å²) in [5, 5.41) is 8.78. The molecule has 0 spiro atoms. The quantitative estimate of drug-likeness (QED) is 0.210. The normalized spacial score (nSPS) is 11.5. The molecule has 0 aliphatic heterocycles. The van der Waals surface area contributed by atoms with Crippen molar-refractivity contribution in [2.45, 2.75) is 33.6 Å². The van der Waals surface area contributed by atoms with Crippen molar-refractivity contribution in [3.05, 3.63) is 118 Å². The summed E-state index contributed by atoms with van der Waals surface area (Å²) in [6.07, 6.45) is 16.7. The number of carbonyl (C=O) groups excluding carboxylic acids is 1. The molecular formula is C34H36N6O3. The first-order valence-electron chi connectivity index (χ1n) is 14.0. The first-order chi connectivity index (χ1) is 20.7. The number of nitrogen functional groups attached to an aromatic ring is 1. The Kier molecular flexibility index (Phi) is 9.90. The van der Waals surface area contributed by atoms with E-state index in [-0.39, 0.29) is 16.8 Å². The van der Waals surface area contributed by atoms with Gasteiger partial charge in [0.2, 0.25) is 5.43 Å². The fourth-order valence-corrected chi connectivity index (χ4v) is 4.64. The molecule has 43 heavy (non-hydrogen) atoms. The van der Waals surface area contributed by atoms with Crippen LogP contribution < -0.4 is 16.9 Å². The SMILES string of the molecule is CC/C=C/C=C\n1nc(N)c(C(N)=O)c1C.CCc1oc2cccc(/C=C/c3cnn(C)c3)c2c(=O)c1-c1ccccc1. The highest BCUT2D eigenvalue weighted by Crippen LogP contribution is 2.27. The predicted octanol–water partition coefficient (Wildman–Crippen LogP) is 6.24. The number of nitrogens with two attached hydrogens (primary N) is 2. The maximum Gasteiger partial charge on any atom is 0.254 e. The highest BCUT2D eigenvalue weighted by Gasteiger charge is 2.17. The van der Waals surface area contributed by atoms with Gasteiger partial charge < -0.3 is 15.9 Å². The third-order valence-electron chi connectivity index (χ3n) is 6.72. The molecule has 0 unspecified atom stereocenters. The van der Waals surface area contributed by atoms with E-state index in [0.717, 1.165) is 23.1 Å². The molecule has 3 aromatic heterocycles. The van der Waals surface area contributed by atoms with Crippen molar-refractivity contribution in [2.75, 3.05) is 5.73 Å². The van der Waals surface area contributed by atoms with E-state index in [9.17, 15) is 9.59 Å². The largest absolute Gasteiger partial charge is 0.460 e. The summed E-state index contributed by atoms with van der Waals surface area (Å²) in [4.78, 5) is 24.5. The number of nitrogens with zero attached hydrogens (tertiary/aromatic N) is 4. The van der Waals surface area contributed by atoms with Crippen molar-refractivity contribution in [1.29, 1.82) is 0 Å². The molecule has 0 radical (unpaired) electrons. The molecule has 220 valence electrons. The second-order valence-corrected chi connectivity index (χ2v) is 9.78. The van der Waals surface area contributed by atoms with Gasteiger partial charge in [-0.05, 0) is 36.6 Å². The zero-order chi connectivity index (χ0) is 30.9. The van der Waals surface area contributed by atoms with Crippen molar-refractivity contribution >= 4 is 41.0 Å². The molecule has 0 aliphatic rings. The number of amides is 1. The Morgan fingerprint density at radius 3 is 2.44 bits per heavy atom. The van der Waals surface area contributed by atoms with E-state index in [2.05, 4.69) is 10.2 Å². The first kappa shape index (κ1) is 30.5. The lowest BCUT2D eigenvalue weighted by Crippen LogP contribution is -2.13. The van der Waals surface area contributed by atoms with Gasteiger partial charge in [-0.1, -0.05) is 80.6 Å². The molecule has 5 rings (SSSR count). The summed E-state index contributed by atoms with van der Waals surface area (Å²) in [6.45, 7) is 5.80. The van der Waals surface area contributed by atoms with Crippen LogP contribution in [0.15, 0.2) is 88.4 Å². The number of anilines is 1. The van der Waals surface area contributed by atoms with Crippen molar-refractivity contribution in [2.24, 2.45) is 12.8 Å². The summed E-state index contributed by atoms with van der Waals surface area (Å²) < 4.78 is 9.41. The van der Waals surface area contributed by atoms with Crippen molar-refractivity contribution in [3.8, 4) is 11.1 Å². The maximum atomic E-state index is 13.4. The minimum absolute atomic E-state index is 0.00531. The van der Waals surface area contributed by atoms with Crippen LogP contribution in [0.3, 0.4) is 0 Å². The summed E-state index contributed by atoms with van der Waals surface area (Å²) >= 11 is 0. The zero-order valence-electron chi connectivity index (χ0n) is 24.8. The number of hydrogen-bond acceptors (Lipinski definition) is 6. The van der Waals surface area contributed by atoms with Gasteiger partial charge in [-0.3, -0.25) is 14.3 Å². The van der Waals surface area contributed by atoms with Crippen LogP contribution in [-0.4, -0.2) is 25.5 Å².